The Morgan fingerprint density at radius 2 is 1.68 bits per heavy atom. The zero-order valence-electron chi connectivity index (χ0n) is 20.0. The molecule has 0 fully saturated rings. The number of aryl methyl sites for hydroxylation is 2. The molecule has 34 heavy (non-hydrogen) atoms. The van der Waals surface area contributed by atoms with Crippen LogP contribution in [0.4, 0.5) is 13.2 Å². The molecule has 0 aliphatic rings. The topological polar surface area (TPSA) is 91.8 Å². The van der Waals surface area contributed by atoms with Gasteiger partial charge in [-0.25, -0.2) is 14.8 Å². The van der Waals surface area contributed by atoms with Crippen molar-refractivity contribution < 1.29 is 18.0 Å². The van der Waals surface area contributed by atoms with E-state index in [-0.39, 0.29) is 33.1 Å². The summed E-state index contributed by atoms with van der Waals surface area (Å²) in [6, 6.07) is 1.44. The predicted molar refractivity (Wildman–Crippen MR) is 124 cm³/mol. The number of Topliss-reactive ketones (excluding diaryl/α,β-unsaturated/α-hetero) is 1. The van der Waals surface area contributed by atoms with E-state index >= 15 is 0 Å². The molecule has 0 atom stereocenters. The zero-order valence-corrected chi connectivity index (χ0v) is 20.8. The number of rotatable bonds is 5. The van der Waals surface area contributed by atoms with Gasteiger partial charge in [0, 0.05) is 36.5 Å². The number of fused-ring (bicyclic) bond motifs is 1. The van der Waals surface area contributed by atoms with Gasteiger partial charge in [0.1, 0.15) is 22.8 Å². The van der Waals surface area contributed by atoms with Crippen molar-refractivity contribution in [2.45, 2.75) is 57.8 Å². The smallest absolute Gasteiger partial charge is 0.339 e. The highest BCUT2D eigenvalue weighted by Crippen LogP contribution is 2.29. The molecule has 3 rings (SSSR count). The predicted octanol–water partition coefficient (Wildman–Crippen LogP) is 3.28. The summed E-state index contributed by atoms with van der Waals surface area (Å²) in [5.74, 6) is -0.156. The molecular weight excluding hydrogens is 471 g/mol. The molecule has 0 N–H and O–H groups in total. The van der Waals surface area contributed by atoms with Crippen LogP contribution in [-0.4, -0.2) is 41.4 Å². The van der Waals surface area contributed by atoms with Crippen LogP contribution in [0.1, 0.15) is 48.3 Å². The second-order valence-corrected chi connectivity index (χ2v) is 10.2. The molecule has 8 nitrogen and oxygen atoms in total. The lowest BCUT2D eigenvalue weighted by molar-refractivity contribution is -0.141. The fourth-order valence-electron chi connectivity index (χ4n) is 3.59. The molecule has 0 saturated heterocycles. The summed E-state index contributed by atoms with van der Waals surface area (Å²) >= 11 is 0.997. The Kier molecular flexibility index (Phi) is 6.59. The largest absolute Gasteiger partial charge is 0.406 e. The normalized spacial score (nSPS) is 12.5. The lowest BCUT2D eigenvalue weighted by Crippen LogP contribution is -2.38. The van der Waals surface area contributed by atoms with Crippen molar-refractivity contribution in [1.82, 2.24) is 23.7 Å². The lowest BCUT2D eigenvalue weighted by Gasteiger charge is -2.19. The number of ketones is 1. The van der Waals surface area contributed by atoms with Gasteiger partial charge in [0.25, 0.3) is 5.56 Å². The highest BCUT2D eigenvalue weighted by atomic mass is 32.2. The number of nitrogens with zero attached hydrogens (tertiary/aromatic N) is 5. The maximum Gasteiger partial charge on any atom is 0.406 e. The number of aromatic nitrogens is 5. The Bertz CT molecular complexity index is 1410. The van der Waals surface area contributed by atoms with Crippen LogP contribution in [0.15, 0.2) is 20.7 Å². The van der Waals surface area contributed by atoms with Gasteiger partial charge in [-0.05, 0) is 19.9 Å². The van der Waals surface area contributed by atoms with Gasteiger partial charge in [-0.3, -0.25) is 18.7 Å². The molecule has 3 aromatic rings. The SMILES string of the molecule is Cc1cc(C(=O)CSc2nc(C(C)(C)C)nc3c2c(=O)n(C)c(=O)n3C)c(C)n1CC(F)(F)F. The monoisotopic (exact) mass is 497 g/mol. The maximum atomic E-state index is 13.0. The van der Waals surface area contributed by atoms with Crippen LogP contribution in [-0.2, 0) is 26.1 Å². The maximum absolute atomic E-state index is 13.0. The summed E-state index contributed by atoms with van der Waals surface area (Å²) in [5, 5.41) is 0.349. The lowest BCUT2D eigenvalue weighted by atomic mass is 9.96. The Balaban J connectivity index is 2.06. The van der Waals surface area contributed by atoms with E-state index in [2.05, 4.69) is 9.97 Å². The second-order valence-electron chi connectivity index (χ2n) is 9.20. The summed E-state index contributed by atoms with van der Waals surface area (Å²) in [4.78, 5) is 47.2. The molecule has 0 unspecified atom stereocenters. The molecule has 3 aromatic heterocycles. The molecule has 184 valence electrons. The van der Waals surface area contributed by atoms with Crippen LogP contribution in [0, 0.1) is 13.8 Å². The third-order valence-corrected chi connectivity index (χ3v) is 6.46. The molecule has 0 radical (unpaired) electrons. The Labute approximate surface area is 197 Å². The van der Waals surface area contributed by atoms with Crippen molar-refractivity contribution in [2.75, 3.05) is 5.75 Å². The fourth-order valence-corrected chi connectivity index (χ4v) is 4.48. The van der Waals surface area contributed by atoms with Crippen LogP contribution in [0.2, 0.25) is 0 Å². The van der Waals surface area contributed by atoms with E-state index in [1.54, 1.807) is 0 Å². The Hall–Kier alpha value is -2.89. The van der Waals surface area contributed by atoms with E-state index in [1.165, 1.54) is 38.6 Å². The van der Waals surface area contributed by atoms with Gasteiger partial charge in [-0.1, -0.05) is 32.5 Å². The van der Waals surface area contributed by atoms with Crippen molar-refractivity contribution in [3.63, 3.8) is 0 Å². The highest BCUT2D eigenvalue weighted by molar-refractivity contribution is 8.00. The number of thioether (sulfide) groups is 1. The van der Waals surface area contributed by atoms with Gasteiger partial charge in [-0.15, -0.1) is 0 Å². The third kappa shape index (κ3) is 4.82. The summed E-state index contributed by atoms with van der Waals surface area (Å²) < 4.78 is 42.0. The summed E-state index contributed by atoms with van der Waals surface area (Å²) in [5.41, 5.74) is -0.740. The van der Waals surface area contributed by atoms with E-state index in [9.17, 15) is 27.6 Å². The summed E-state index contributed by atoms with van der Waals surface area (Å²) in [6.07, 6.45) is -4.41. The van der Waals surface area contributed by atoms with Crippen LogP contribution < -0.4 is 11.2 Å². The molecular formula is C22H26F3N5O3S. The summed E-state index contributed by atoms with van der Waals surface area (Å²) in [7, 11) is 2.84. The van der Waals surface area contributed by atoms with Gasteiger partial charge in [0.15, 0.2) is 11.4 Å². The first-order valence-electron chi connectivity index (χ1n) is 10.4. The van der Waals surface area contributed by atoms with E-state index in [1.807, 2.05) is 20.8 Å². The van der Waals surface area contributed by atoms with E-state index in [0.717, 1.165) is 20.9 Å². The van der Waals surface area contributed by atoms with E-state index in [4.69, 9.17) is 0 Å². The van der Waals surface area contributed by atoms with Gasteiger partial charge in [0.2, 0.25) is 0 Å². The third-order valence-electron chi connectivity index (χ3n) is 5.49. The van der Waals surface area contributed by atoms with Crippen LogP contribution in [0.5, 0.6) is 0 Å². The first-order chi connectivity index (χ1) is 15.5. The van der Waals surface area contributed by atoms with Gasteiger partial charge >= 0.3 is 11.9 Å². The van der Waals surface area contributed by atoms with E-state index in [0.29, 0.717) is 11.5 Å². The molecule has 12 heteroatoms. The quantitative estimate of drug-likeness (QED) is 0.305. The Morgan fingerprint density at radius 1 is 1.06 bits per heavy atom. The van der Waals surface area contributed by atoms with Crippen molar-refractivity contribution >= 4 is 28.6 Å². The van der Waals surface area contributed by atoms with Gasteiger partial charge < -0.3 is 4.57 Å². The minimum Gasteiger partial charge on any atom is -0.339 e. The van der Waals surface area contributed by atoms with Crippen molar-refractivity contribution in [3.8, 4) is 0 Å². The molecule has 0 saturated carbocycles. The summed E-state index contributed by atoms with van der Waals surface area (Å²) in [6.45, 7) is 7.44. The molecule has 0 aromatic carbocycles. The number of carbonyl (C=O) groups excluding carboxylic acids is 1. The van der Waals surface area contributed by atoms with Gasteiger partial charge in [0.05, 0.1) is 5.75 Å². The molecule has 0 bridgehead atoms. The van der Waals surface area contributed by atoms with Crippen molar-refractivity contribution in [1.29, 1.82) is 0 Å². The minimum absolute atomic E-state index is 0.109. The second kappa shape index (κ2) is 8.71. The number of hydrogen-bond acceptors (Lipinski definition) is 6. The molecule has 0 aliphatic carbocycles. The average Bonchev–Trinajstić information content (AvgIpc) is 3.00. The van der Waals surface area contributed by atoms with Crippen LogP contribution in [0.25, 0.3) is 11.0 Å². The number of carbonyl (C=O) groups is 1. The first-order valence-corrected chi connectivity index (χ1v) is 11.4. The number of halogens is 3. The van der Waals surface area contributed by atoms with Crippen LogP contribution >= 0.6 is 11.8 Å². The van der Waals surface area contributed by atoms with Crippen molar-refractivity contribution in [3.05, 3.63) is 49.7 Å². The van der Waals surface area contributed by atoms with Crippen LogP contribution in [0.3, 0.4) is 0 Å². The molecule has 0 aliphatic heterocycles. The van der Waals surface area contributed by atoms with Crippen molar-refractivity contribution in [2.24, 2.45) is 14.1 Å². The standard InChI is InChI=1S/C22H26F3N5O3S/c1-11-8-13(12(2)30(11)10-22(23,24)25)14(31)9-34-17-15-16(26-19(27-17)21(3,4)5)28(6)20(33)29(7)18(15)32/h8H,9-10H2,1-7H3. The fraction of sp³-hybridized carbons (Fsp3) is 0.500. The number of hydrogen-bond donors (Lipinski definition) is 0. The molecule has 3 heterocycles. The minimum atomic E-state index is -4.41. The molecule has 0 amide bonds. The average molecular weight is 498 g/mol. The first kappa shape index (κ1) is 25.7. The Morgan fingerprint density at radius 3 is 2.24 bits per heavy atom. The van der Waals surface area contributed by atoms with E-state index < -0.39 is 35.2 Å². The molecule has 0 spiro atoms. The highest BCUT2D eigenvalue weighted by Gasteiger charge is 2.30. The van der Waals surface area contributed by atoms with Gasteiger partial charge in [-0.2, -0.15) is 13.2 Å². The number of alkyl halides is 3. The zero-order chi connectivity index (χ0) is 25.7.